The van der Waals surface area contributed by atoms with Crippen molar-refractivity contribution >= 4 is 11.6 Å². The van der Waals surface area contributed by atoms with Crippen molar-refractivity contribution in [3.8, 4) is 5.75 Å². The molecule has 0 unspecified atom stereocenters. The average Bonchev–Trinajstić information content (AvgIpc) is 2.45. The van der Waals surface area contributed by atoms with Crippen LogP contribution in [0.2, 0.25) is 0 Å². The highest BCUT2D eigenvalue weighted by Crippen LogP contribution is 2.18. The van der Waals surface area contributed by atoms with Crippen molar-refractivity contribution in [2.75, 3.05) is 24.8 Å². The van der Waals surface area contributed by atoms with Gasteiger partial charge in [0.15, 0.2) is 0 Å². The van der Waals surface area contributed by atoms with Gasteiger partial charge < -0.3 is 15.4 Å². The number of nitrogens with one attached hydrogen (secondary N) is 2. The Morgan fingerprint density at radius 1 is 1.06 bits per heavy atom. The number of hydrogen-bond donors (Lipinski definition) is 2. The van der Waals surface area contributed by atoms with E-state index in [2.05, 4.69) is 15.6 Å². The minimum Gasteiger partial charge on any atom is -0.496 e. The van der Waals surface area contributed by atoms with E-state index >= 15 is 0 Å². The zero-order valence-electron chi connectivity index (χ0n) is 10.6. The van der Waals surface area contributed by atoms with E-state index in [0.29, 0.717) is 6.54 Å². The minimum absolute atomic E-state index is 0.685. The van der Waals surface area contributed by atoms with Gasteiger partial charge in [0.2, 0.25) is 0 Å². The molecule has 0 atom stereocenters. The van der Waals surface area contributed by atoms with Gasteiger partial charge in [-0.15, -0.1) is 0 Å². The summed E-state index contributed by atoms with van der Waals surface area (Å²) in [5.74, 6) is 2.57. The van der Waals surface area contributed by atoms with Crippen LogP contribution in [0.5, 0.6) is 5.75 Å². The normalized spacial score (nSPS) is 9.89. The molecule has 2 N–H and O–H groups in total. The van der Waals surface area contributed by atoms with Gasteiger partial charge in [-0.2, -0.15) is 0 Å². The molecule has 18 heavy (non-hydrogen) atoms. The van der Waals surface area contributed by atoms with Crippen molar-refractivity contribution < 1.29 is 4.74 Å². The smallest absolute Gasteiger partial charge is 0.128 e. The molecule has 0 saturated carbocycles. The molecule has 0 fully saturated rings. The fourth-order valence-electron chi connectivity index (χ4n) is 1.71. The van der Waals surface area contributed by atoms with Crippen LogP contribution in [-0.2, 0) is 6.54 Å². The number of benzene rings is 1. The van der Waals surface area contributed by atoms with Crippen LogP contribution < -0.4 is 15.4 Å². The molecule has 0 radical (unpaired) electrons. The van der Waals surface area contributed by atoms with Crippen molar-refractivity contribution in [2.24, 2.45) is 0 Å². The third-order valence-corrected chi connectivity index (χ3v) is 2.66. The van der Waals surface area contributed by atoms with E-state index in [-0.39, 0.29) is 0 Å². The quantitative estimate of drug-likeness (QED) is 0.847. The summed E-state index contributed by atoms with van der Waals surface area (Å²) in [5, 5.41) is 6.29. The number of pyridine rings is 1. The highest BCUT2D eigenvalue weighted by atomic mass is 16.5. The lowest BCUT2D eigenvalue weighted by atomic mass is 10.2. The molecule has 4 nitrogen and oxygen atoms in total. The van der Waals surface area contributed by atoms with Gasteiger partial charge >= 0.3 is 0 Å². The Kier molecular flexibility index (Phi) is 4.02. The van der Waals surface area contributed by atoms with Gasteiger partial charge in [-0.25, -0.2) is 4.98 Å². The van der Waals surface area contributed by atoms with Gasteiger partial charge in [0.1, 0.15) is 17.4 Å². The third-order valence-electron chi connectivity index (χ3n) is 2.66. The molecule has 0 amide bonds. The van der Waals surface area contributed by atoms with E-state index in [1.165, 1.54) is 0 Å². The number of anilines is 2. The summed E-state index contributed by atoms with van der Waals surface area (Å²) in [7, 11) is 3.53. The molecule has 94 valence electrons. The van der Waals surface area contributed by atoms with E-state index in [0.717, 1.165) is 22.9 Å². The maximum atomic E-state index is 5.31. The SMILES string of the molecule is CNc1cccc(NCc2ccccc2OC)n1. The van der Waals surface area contributed by atoms with Crippen molar-refractivity contribution in [1.82, 2.24) is 4.98 Å². The zero-order valence-corrected chi connectivity index (χ0v) is 10.6. The van der Waals surface area contributed by atoms with Gasteiger partial charge in [0.25, 0.3) is 0 Å². The van der Waals surface area contributed by atoms with E-state index in [1.54, 1.807) is 7.11 Å². The molecule has 0 aliphatic rings. The molecular formula is C14H17N3O. The molecule has 2 rings (SSSR count). The van der Waals surface area contributed by atoms with E-state index < -0.39 is 0 Å². The van der Waals surface area contributed by atoms with Gasteiger partial charge in [-0.05, 0) is 18.2 Å². The first-order valence-corrected chi connectivity index (χ1v) is 5.84. The maximum Gasteiger partial charge on any atom is 0.128 e. The lowest BCUT2D eigenvalue weighted by molar-refractivity contribution is 0.410. The fraction of sp³-hybridized carbons (Fsp3) is 0.214. The van der Waals surface area contributed by atoms with Crippen molar-refractivity contribution in [2.45, 2.75) is 6.54 Å². The first-order chi connectivity index (χ1) is 8.83. The van der Waals surface area contributed by atoms with Crippen LogP contribution in [0.15, 0.2) is 42.5 Å². The van der Waals surface area contributed by atoms with E-state index in [9.17, 15) is 0 Å². The maximum absolute atomic E-state index is 5.31. The Bertz CT molecular complexity index is 514. The molecule has 0 bridgehead atoms. The standard InChI is InChI=1S/C14H17N3O/c1-15-13-8-5-9-14(17-13)16-10-11-6-3-4-7-12(11)18-2/h3-9H,10H2,1-2H3,(H2,15,16,17). The topological polar surface area (TPSA) is 46.2 Å². The molecule has 4 heteroatoms. The zero-order chi connectivity index (χ0) is 12.8. The minimum atomic E-state index is 0.685. The highest BCUT2D eigenvalue weighted by molar-refractivity contribution is 5.46. The number of para-hydroxylation sites is 1. The summed E-state index contributed by atoms with van der Waals surface area (Å²) in [6, 6.07) is 13.8. The summed E-state index contributed by atoms with van der Waals surface area (Å²) < 4.78 is 5.31. The Morgan fingerprint density at radius 2 is 1.83 bits per heavy atom. The van der Waals surface area contributed by atoms with Crippen LogP contribution in [0.1, 0.15) is 5.56 Å². The molecule has 1 heterocycles. The molecular weight excluding hydrogens is 226 g/mol. The van der Waals surface area contributed by atoms with Gasteiger partial charge in [0.05, 0.1) is 7.11 Å². The van der Waals surface area contributed by atoms with Crippen LogP contribution >= 0.6 is 0 Å². The second kappa shape index (κ2) is 5.91. The van der Waals surface area contributed by atoms with Crippen molar-refractivity contribution in [3.05, 3.63) is 48.0 Å². The second-order valence-electron chi connectivity index (χ2n) is 3.82. The van der Waals surface area contributed by atoms with Crippen LogP contribution in [0.3, 0.4) is 0 Å². The van der Waals surface area contributed by atoms with Gasteiger partial charge in [-0.1, -0.05) is 24.3 Å². The Labute approximate surface area is 107 Å². The van der Waals surface area contributed by atoms with Crippen molar-refractivity contribution in [1.29, 1.82) is 0 Å². The summed E-state index contributed by atoms with van der Waals surface area (Å²) in [6.07, 6.45) is 0. The predicted octanol–water partition coefficient (Wildman–Crippen LogP) is 2.74. The number of nitrogens with zero attached hydrogens (tertiary/aromatic N) is 1. The molecule has 1 aromatic heterocycles. The second-order valence-corrected chi connectivity index (χ2v) is 3.82. The van der Waals surface area contributed by atoms with Crippen LogP contribution in [0, 0.1) is 0 Å². The Balaban J connectivity index is 2.06. The number of hydrogen-bond acceptors (Lipinski definition) is 4. The summed E-state index contributed by atoms with van der Waals surface area (Å²) in [6.45, 7) is 0.685. The first kappa shape index (κ1) is 12.2. The molecule has 1 aromatic carbocycles. The first-order valence-electron chi connectivity index (χ1n) is 5.84. The Morgan fingerprint density at radius 3 is 2.61 bits per heavy atom. The third kappa shape index (κ3) is 2.91. The molecule has 0 aliphatic heterocycles. The number of aromatic nitrogens is 1. The average molecular weight is 243 g/mol. The van der Waals surface area contributed by atoms with Crippen LogP contribution in [0.25, 0.3) is 0 Å². The van der Waals surface area contributed by atoms with E-state index in [1.807, 2.05) is 49.5 Å². The van der Waals surface area contributed by atoms with Gasteiger partial charge in [-0.3, -0.25) is 0 Å². The van der Waals surface area contributed by atoms with Crippen molar-refractivity contribution in [3.63, 3.8) is 0 Å². The lowest BCUT2D eigenvalue weighted by Gasteiger charge is -2.10. The number of rotatable bonds is 5. The molecule has 0 saturated heterocycles. The number of ether oxygens (including phenoxy) is 1. The van der Waals surface area contributed by atoms with Gasteiger partial charge in [0, 0.05) is 19.2 Å². The lowest BCUT2D eigenvalue weighted by Crippen LogP contribution is -2.04. The number of methoxy groups -OCH3 is 1. The Hall–Kier alpha value is -2.23. The summed E-state index contributed by atoms with van der Waals surface area (Å²) >= 11 is 0. The molecule has 2 aromatic rings. The predicted molar refractivity (Wildman–Crippen MR) is 74.1 cm³/mol. The largest absolute Gasteiger partial charge is 0.496 e. The van der Waals surface area contributed by atoms with E-state index in [4.69, 9.17) is 4.74 Å². The van der Waals surface area contributed by atoms with Crippen LogP contribution in [0.4, 0.5) is 11.6 Å². The highest BCUT2D eigenvalue weighted by Gasteiger charge is 2.02. The summed E-state index contributed by atoms with van der Waals surface area (Å²) in [4.78, 5) is 4.40. The monoisotopic (exact) mass is 243 g/mol. The molecule has 0 spiro atoms. The molecule has 0 aliphatic carbocycles. The summed E-state index contributed by atoms with van der Waals surface area (Å²) in [5.41, 5.74) is 1.11. The van der Waals surface area contributed by atoms with Crippen LogP contribution in [-0.4, -0.2) is 19.1 Å². The fourth-order valence-corrected chi connectivity index (χ4v) is 1.71.